The number of aliphatic imine (C=N–C) groups is 1. The van der Waals surface area contributed by atoms with Crippen LogP contribution in [0.3, 0.4) is 0 Å². The van der Waals surface area contributed by atoms with Gasteiger partial charge in [0.25, 0.3) is 0 Å². The second-order valence-electron chi connectivity index (χ2n) is 6.58. The molecule has 0 N–H and O–H groups in total. The number of allylic oxidation sites excluding steroid dienone is 1. The molecule has 1 aliphatic heterocycles. The van der Waals surface area contributed by atoms with E-state index in [4.69, 9.17) is 9.73 Å². The molecule has 4 nitrogen and oxygen atoms in total. The minimum absolute atomic E-state index is 0.830. The van der Waals surface area contributed by atoms with Gasteiger partial charge in [0.2, 0.25) is 0 Å². The minimum atomic E-state index is 0.830. The highest BCUT2D eigenvalue weighted by atomic mass is 16.5. The highest BCUT2D eigenvalue weighted by molar-refractivity contribution is 6.11. The molecule has 0 unspecified atom stereocenters. The first-order chi connectivity index (χ1) is 11.6. The second-order valence-corrected chi connectivity index (χ2v) is 6.58. The molecule has 4 rings (SSSR count). The lowest BCUT2D eigenvalue weighted by atomic mass is 10.1. The van der Waals surface area contributed by atoms with Gasteiger partial charge in [-0.1, -0.05) is 0 Å². The summed E-state index contributed by atoms with van der Waals surface area (Å²) >= 11 is 0. The molecular weight excluding hydrogens is 298 g/mol. The number of hydrogen-bond acceptors (Lipinski definition) is 2. The van der Waals surface area contributed by atoms with Gasteiger partial charge in [0.15, 0.2) is 0 Å². The Morgan fingerprint density at radius 1 is 1.21 bits per heavy atom. The molecule has 2 aliphatic rings. The third kappa shape index (κ3) is 2.17. The molecule has 0 bridgehead atoms. The lowest BCUT2D eigenvalue weighted by Crippen LogP contribution is -2.01. The first-order valence-electron chi connectivity index (χ1n) is 8.45. The molecule has 124 valence electrons. The predicted octanol–water partition coefficient (Wildman–Crippen LogP) is 3.53. The molecule has 0 atom stereocenters. The topological polar surface area (TPSA) is 31.4 Å². The molecule has 1 aliphatic carbocycles. The Balaban J connectivity index is 1.81. The van der Waals surface area contributed by atoms with Crippen molar-refractivity contribution >= 4 is 11.8 Å². The Morgan fingerprint density at radius 3 is 2.71 bits per heavy atom. The van der Waals surface area contributed by atoms with E-state index in [0.717, 1.165) is 29.3 Å². The van der Waals surface area contributed by atoms with Crippen LogP contribution >= 0.6 is 0 Å². The quantitative estimate of drug-likeness (QED) is 0.851. The SMILES string of the molecule is COC1=CC(c2cccn2C)=N/C1=C/c1c2c(c(C)n1C)CCC2. The standard InChI is InChI=1S/C20H23N3O/c1-13-14-7-5-8-15(14)19(23(13)3)11-17-20(24-4)12-16(21-17)18-9-6-10-22(18)2/h6,9-12H,5,7-8H2,1-4H3/b17-11+. The number of aryl methyl sites for hydroxylation is 1. The van der Waals surface area contributed by atoms with Crippen LogP contribution in [0.15, 0.2) is 40.9 Å². The summed E-state index contributed by atoms with van der Waals surface area (Å²) < 4.78 is 9.96. The van der Waals surface area contributed by atoms with Gasteiger partial charge in [-0.25, -0.2) is 4.99 Å². The van der Waals surface area contributed by atoms with Crippen molar-refractivity contribution in [1.29, 1.82) is 0 Å². The summed E-state index contributed by atoms with van der Waals surface area (Å²) in [5, 5.41) is 0. The molecule has 2 aromatic heterocycles. The van der Waals surface area contributed by atoms with Crippen LogP contribution in [0.1, 0.15) is 34.6 Å². The molecule has 0 spiro atoms. The van der Waals surface area contributed by atoms with Gasteiger partial charge in [-0.05, 0) is 55.5 Å². The van der Waals surface area contributed by atoms with Gasteiger partial charge in [0, 0.05) is 37.8 Å². The highest BCUT2D eigenvalue weighted by Gasteiger charge is 2.24. The van der Waals surface area contributed by atoms with Crippen LogP contribution in [-0.4, -0.2) is 22.0 Å². The van der Waals surface area contributed by atoms with E-state index >= 15 is 0 Å². The number of nitrogens with zero attached hydrogens (tertiary/aromatic N) is 3. The van der Waals surface area contributed by atoms with E-state index in [1.54, 1.807) is 7.11 Å². The van der Waals surface area contributed by atoms with Gasteiger partial charge in [-0.3, -0.25) is 0 Å². The van der Waals surface area contributed by atoms with Crippen molar-refractivity contribution in [2.75, 3.05) is 7.11 Å². The van der Waals surface area contributed by atoms with Crippen LogP contribution in [0.25, 0.3) is 6.08 Å². The van der Waals surface area contributed by atoms with Crippen LogP contribution in [0.2, 0.25) is 0 Å². The predicted molar refractivity (Wildman–Crippen MR) is 97.2 cm³/mol. The number of ether oxygens (including phenoxy) is 1. The van der Waals surface area contributed by atoms with Gasteiger partial charge in [0.05, 0.1) is 18.5 Å². The molecular formula is C20H23N3O. The van der Waals surface area contributed by atoms with E-state index in [2.05, 4.69) is 35.2 Å². The maximum Gasteiger partial charge on any atom is 0.146 e. The Hall–Kier alpha value is -2.49. The van der Waals surface area contributed by atoms with Crippen LogP contribution in [0.4, 0.5) is 0 Å². The van der Waals surface area contributed by atoms with Gasteiger partial charge >= 0.3 is 0 Å². The summed E-state index contributed by atoms with van der Waals surface area (Å²) in [6, 6.07) is 4.11. The lowest BCUT2D eigenvalue weighted by molar-refractivity contribution is 0.303. The second kappa shape index (κ2) is 5.55. The highest BCUT2D eigenvalue weighted by Crippen LogP contribution is 2.33. The van der Waals surface area contributed by atoms with E-state index in [1.165, 1.54) is 35.4 Å². The summed E-state index contributed by atoms with van der Waals surface area (Å²) in [4.78, 5) is 4.84. The van der Waals surface area contributed by atoms with Crippen LogP contribution < -0.4 is 0 Å². The molecule has 0 fully saturated rings. The van der Waals surface area contributed by atoms with Crippen LogP contribution in [-0.2, 0) is 31.7 Å². The van der Waals surface area contributed by atoms with Crippen molar-refractivity contribution in [1.82, 2.24) is 9.13 Å². The van der Waals surface area contributed by atoms with E-state index in [-0.39, 0.29) is 0 Å². The number of fused-ring (bicyclic) bond motifs is 1. The van der Waals surface area contributed by atoms with Gasteiger partial charge in [-0.2, -0.15) is 0 Å². The number of methoxy groups -OCH3 is 1. The molecule has 0 aromatic carbocycles. The molecule has 24 heavy (non-hydrogen) atoms. The van der Waals surface area contributed by atoms with Crippen LogP contribution in [0.5, 0.6) is 0 Å². The van der Waals surface area contributed by atoms with Crippen molar-refractivity contribution < 1.29 is 4.74 Å². The molecule has 0 amide bonds. The fourth-order valence-corrected chi connectivity index (χ4v) is 3.87. The lowest BCUT2D eigenvalue weighted by Gasteiger charge is -2.06. The fourth-order valence-electron chi connectivity index (χ4n) is 3.87. The van der Waals surface area contributed by atoms with Crippen molar-refractivity contribution in [3.8, 4) is 0 Å². The molecule has 0 saturated heterocycles. The minimum Gasteiger partial charge on any atom is -0.494 e. The Morgan fingerprint density at radius 2 is 2.00 bits per heavy atom. The largest absolute Gasteiger partial charge is 0.494 e. The van der Waals surface area contributed by atoms with E-state index in [1.807, 2.05) is 25.4 Å². The Kier molecular flexibility index (Phi) is 3.48. The van der Waals surface area contributed by atoms with E-state index in [0.29, 0.717) is 0 Å². The van der Waals surface area contributed by atoms with Crippen molar-refractivity contribution in [2.45, 2.75) is 26.2 Å². The van der Waals surface area contributed by atoms with Crippen molar-refractivity contribution in [2.24, 2.45) is 19.1 Å². The maximum atomic E-state index is 5.59. The first kappa shape index (κ1) is 15.1. The fraction of sp³-hybridized carbons (Fsp3) is 0.350. The number of hydrogen-bond donors (Lipinski definition) is 0. The molecule has 0 radical (unpaired) electrons. The van der Waals surface area contributed by atoms with Crippen molar-refractivity contribution in [3.05, 3.63) is 64.1 Å². The third-order valence-electron chi connectivity index (χ3n) is 5.29. The number of aromatic nitrogens is 2. The van der Waals surface area contributed by atoms with Crippen molar-refractivity contribution in [3.63, 3.8) is 0 Å². The molecule has 2 aromatic rings. The summed E-state index contributed by atoms with van der Waals surface area (Å²) in [5.41, 5.74) is 8.62. The Bertz CT molecular complexity index is 906. The summed E-state index contributed by atoms with van der Waals surface area (Å²) in [7, 11) is 5.89. The monoisotopic (exact) mass is 321 g/mol. The smallest absolute Gasteiger partial charge is 0.146 e. The van der Waals surface area contributed by atoms with Gasteiger partial charge in [-0.15, -0.1) is 0 Å². The zero-order chi connectivity index (χ0) is 16.8. The molecule has 3 heterocycles. The third-order valence-corrected chi connectivity index (χ3v) is 5.29. The normalized spacial score (nSPS) is 18.1. The zero-order valence-electron chi connectivity index (χ0n) is 14.8. The van der Waals surface area contributed by atoms with E-state index in [9.17, 15) is 0 Å². The first-order valence-corrected chi connectivity index (χ1v) is 8.45. The molecule has 0 saturated carbocycles. The zero-order valence-corrected chi connectivity index (χ0v) is 14.8. The van der Waals surface area contributed by atoms with Crippen LogP contribution in [0, 0.1) is 6.92 Å². The summed E-state index contributed by atoms with van der Waals surface area (Å²) in [6.07, 6.45) is 9.86. The van der Waals surface area contributed by atoms with Gasteiger partial charge in [0.1, 0.15) is 11.5 Å². The average molecular weight is 321 g/mol. The summed E-state index contributed by atoms with van der Waals surface area (Å²) in [5.74, 6) is 0.830. The Labute approximate surface area is 142 Å². The van der Waals surface area contributed by atoms with Gasteiger partial charge < -0.3 is 13.9 Å². The number of rotatable bonds is 3. The average Bonchev–Trinajstić information content (AvgIpc) is 3.32. The maximum absolute atomic E-state index is 5.59. The molecule has 4 heteroatoms. The van der Waals surface area contributed by atoms with E-state index < -0.39 is 0 Å². The summed E-state index contributed by atoms with van der Waals surface area (Å²) in [6.45, 7) is 2.21.